The normalized spacial score (nSPS) is 11.9. The van der Waals surface area contributed by atoms with Crippen molar-refractivity contribution in [1.29, 1.82) is 0 Å². The van der Waals surface area contributed by atoms with Crippen molar-refractivity contribution in [3.8, 4) is 0 Å². The molecule has 1 unspecified atom stereocenters. The van der Waals surface area contributed by atoms with Crippen LogP contribution >= 0.6 is 0 Å². The average molecular weight is 255 g/mol. The average Bonchev–Trinajstić information content (AvgIpc) is 2.46. The molecule has 0 aliphatic rings. The molecule has 98 valence electrons. The third-order valence-electron chi connectivity index (χ3n) is 3.04. The third kappa shape index (κ3) is 3.16. The molecule has 1 N–H and O–H groups in total. The fourth-order valence-electron chi connectivity index (χ4n) is 1.97. The Labute approximate surface area is 112 Å². The van der Waals surface area contributed by atoms with E-state index in [1.165, 1.54) is 0 Å². The molecule has 0 aliphatic heterocycles. The highest BCUT2D eigenvalue weighted by atomic mass is 16.1. The van der Waals surface area contributed by atoms with Crippen molar-refractivity contribution in [2.24, 2.45) is 0 Å². The van der Waals surface area contributed by atoms with E-state index in [0.717, 1.165) is 17.7 Å². The number of aromatic nitrogens is 2. The topological polar surface area (TPSA) is 54.9 Å². The molecule has 0 aromatic carbocycles. The summed E-state index contributed by atoms with van der Waals surface area (Å²) in [7, 11) is 0. The van der Waals surface area contributed by atoms with Crippen molar-refractivity contribution in [3.05, 3.63) is 59.7 Å². The molecule has 0 saturated carbocycles. The lowest BCUT2D eigenvalue weighted by Gasteiger charge is -2.18. The molecule has 4 heteroatoms. The minimum atomic E-state index is -0.0979. The van der Waals surface area contributed by atoms with Gasteiger partial charge in [0.1, 0.15) is 0 Å². The first-order chi connectivity index (χ1) is 9.22. The predicted octanol–water partition coefficient (Wildman–Crippen LogP) is 2.67. The van der Waals surface area contributed by atoms with Gasteiger partial charge in [0, 0.05) is 24.2 Å². The Balaban J connectivity index is 2.17. The van der Waals surface area contributed by atoms with Crippen molar-refractivity contribution in [2.75, 3.05) is 0 Å². The van der Waals surface area contributed by atoms with Crippen LogP contribution in [0, 0.1) is 6.92 Å². The van der Waals surface area contributed by atoms with E-state index in [0.29, 0.717) is 5.56 Å². The zero-order valence-corrected chi connectivity index (χ0v) is 11.1. The number of nitrogens with one attached hydrogen (secondary N) is 1. The Hall–Kier alpha value is -2.23. The molecule has 0 bridgehead atoms. The van der Waals surface area contributed by atoms with E-state index in [9.17, 15) is 4.79 Å². The Morgan fingerprint density at radius 2 is 2.00 bits per heavy atom. The van der Waals surface area contributed by atoms with Crippen molar-refractivity contribution in [3.63, 3.8) is 0 Å². The van der Waals surface area contributed by atoms with Crippen LogP contribution in [0.2, 0.25) is 0 Å². The Morgan fingerprint density at radius 3 is 2.63 bits per heavy atom. The number of amides is 1. The molecule has 2 heterocycles. The van der Waals surface area contributed by atoms with Crippen molar-refractivity contribution >= 4 is 5.91 Å². The molecular weight excluding hydrogens is 238 g/mol. The van der Waals surface area contributed by atoms with Gasteiger partial charge in [-0.1, -0.05) is 13.0 Å². The van der Waals surface area contributed by atoms with Crippen LogP contribution in [0.3, 0.4) is 0 Å². The highest BCUT2D eigenvalue weighted by Gasteiger charge is 2.16. The summed E-state index contributed by atoms with van der Waals surface area (Å²) in [6, 6.07) is 7.24. The van der Waals surface area contributed by atoms with Gasteiger partial charge in [0.15, 0.2) is 0 Å². The fraction of sp³-hybridized carbons (Fsp3) is 0.267. The first-order valence-corrected chi connectivity index (χ1v) is 6.34. The lowest BCUT2D eigenvalue weighted by Crippen LogP contribution is -2.29. The van der Waals surface area contributed by atoms with Gasteiger partial charge in [-0.15, -0.1) is 0 Å². The van der Waals surface area contributed by atoms with Gasteiger partial charge in [-0.05, 0) is 37.1 Å². The van der Waals surface area contributed by atoms with Gasteiger partial charge in [-0.2, -0.15) is 0 Å². The van der Waals surface area contributed by atoms with E-state index in [4.69, 9.17) is 0 Å². The number of pyridine rings is 2. The summed E-state index contributed by atoms with van der Waals surface area (Å²) in [5.41, 5.74) is 2.62. The minimum absolute atomic E-state index is 0.0677. The highest BCUT2D eigenvalue weighted by molar-refractivity contribution is 5.94. The molecule has 0 fully saturated rings. The number of hydrogen-bond acceptors (Lipinski definition) is 3. The Kier molecular flexibility index (Phi) is 4.23. The zero-order valence-electron chi connectivity index (χ0n) is 11.1. The van der Waals surface area contributed by atoms with Crippen molar-refractivity contribution in [1.82, 2.24) is 15.3 Å². The van der Waals surface area contributed by atoms with Crippen LogP contribution in [0.1, 0.15) is 41.0 Å². The second-order valence-electron chi connectivity index (χ2n) is 4.38. The van der Waals surface area contributed by atoms with Crippen LogP contribution in [-0.2, 0) is 0 Å². The van der Waals surface area contributed by atoms with E-state index in [1.54, 1.807) is 30.7 Å². The monoisotopic (exact) mass is 255 g/mol. The van der Waals surface area contributed by atoms with Gasteiger partial charge in [0.05, 0.1) is 11.7 Å². The maximum atomic E-state index is 12.1. The third-order valence-corrected chi connectivity index (χ3v) is 3.04. The van der Waals surface area contributed by atoms with Crippen molar-refractivity contribution in [2.45, 2.75) is 26.3 Å². The van der Waals surface area contributed by atoms with Crippen LogP contribution in [0.5, 0.6) is 0 Å². The number of carbonyl (C=O) groups is 1. The van der Waals surface area contributed by atoms with Crippen molar-refractivity contribution < 1.29 is 4.79 Å². The largest absolute Gasteiger partial charge is 0.344 e. The lowest BCUT2D eigenvalue weighted by atomic mass is 10.1. The van der Waals surface area contributed by atoms with Crippen LogP contribution in [-0.4, -0.2) is 15.9 Å². The van der Waals surface area contributed by atoms with Gasteiger partial charge in [0.25, 0.3) is 5.91 Å². The number of rotatable bonds is 4. The van der Waals surface area contributed by atoms with Gasteiger partial charge in [0.2, 0.25) is 0 Å². The van der Waals surface area contributed by atoms with Crippen LogP contribution in [0.15, 0.2) is 42.9 Å². The van der Waals surface area contributed by atoms with Gasteiger partial charge >= 0.3 is 0 Å². The van der Waals surface area contributed by atoms with Crippen LogP contribution in [0.25, 0.3) is 0 Å². The SMILES string of the molecule is CCC(NC(=O)c1ccncc1)c1ncccc1C. The molecule has 2 rings (SSSR count). The molecule has 4 nitrogen and oxygen atoms in total. The standard InChI is InChI=1S/C15H17N3O/c1-3-13(14-11(2)5-4-8-17-14)18-15(19)12-6-9-16-10-7-12/h4-10,13H,3H2,1-2H3,(H,18,19). The maximum absolute atomic E-state index is 12.1. The van der Waals surface area contributed by atoms with E-state index in [-0.39, 0.29) is 11.9 Å². The summed E-state index contributed by atoms with van der Waals surface area (Å²) in [6.45, 7) is 4.04. The van der Waals surface area contributed by atoms with Gasteiger partial charge < -0.3 is 5.32 Å². The molecular formula is C15H17N3O. The smallest absolute Gasteiger partial charge is 0.251 e. The first kappa shape index (κ1) is 13.2. The molecule has 2 aromatic heterocycles. The maximum Gasteiger partial charge on any atom is 0.251 e. The summed E-state index contributed by atoms with van der Waals surface area (Å²) in [6.07, 6.45) is 5.78. The molecule has 0 saturated heterocycles. The van der Waals surface area contributed by atoms with E-state index in [2.05, 4.69) is 15.3 Å². The molecule has 0 radical (unpaired) electrons. The number of hydrogen-bond donors (Lipinski definition) is 1. The summed E-state index contributed by atoms with van der Waals surface area (Å²) < 4.78 is 0. The summed E-state index contributed by atoms with van der Waals surface area (Å²) in [5.74, 6) is -0.0979. The minimum Gasteiger partial charge on any atom is -0.344 e. The predicted molar refractivity (Wildman–Crippen MR) is 73.7 cm³/mol. The quantitative estimate of drug-likeness (QED) is 0.913. The van der Waals surface area contributed by atoms with E-state index < -0.39 is 0 Å². The molecule has 0 spiro atoms. The van der Waals surface area contributed by atoms with Crippen LogP contribution < -0.4 is 5.32 Å². The first-order valence-electron chi connectivity index (χ1n) is 6.34. The summed E-state index contributed by atoms with van der Waals surface area (Å²) in [5, 5.41) is 3.01. The molecule has 2 aromatic rings. The van der Waals surface area contributed by atoms with Gasteiger partial charge in [-0.3, -0.25) is 14.8 Å². The second-order valence-corrected chi connectivity index (χ2v) is 4.38. The lowest BCUT2D eigenvalue weighted by molar-refractivity contribution is 0.0934. The Morgan fingerprint density at radius 1 is 1.26 bits per heavy atom. The van der Waals surface area contributed by atoms with E-state index >= 15 is 0 Å². The van der Waals surface area contributed by atoms with E-state index in [1.807, 2.05) is 26.0 Å². The molecule has 1 amide bonds. The summed E-state index contributed by atoms with van der Waals surface area (Å²) in [4.78, 5) is 20.4. The fourth-order valence-corrected chi connectivity index (χ4v) is 1.97. The highest BCUT2D eigenvalue weighted by Crippen LogP contribution is 2.18. The second kappa shape index (κ2) is 6.09. The molecule has 19 heavy (non-hydrogen) atoms. The number of carbonyl (C=O) groups excluding carboxylic acids is 1. The molecule has 0 aliphatic carbocycles. The molecule has 1 atom stereocenters. The number of nitrogens with zero attached hydrogens (tertiary/aromatic N) is 2. The zero-order chi connectivity index (χ0) is 13.7. The number of aryl methyl sites for hydroxylation is 1. The van der Waals surface area contributed by atoms with Gasteiger partial charge in [-0.25, -0.2) is 0 Å². The van der Waals surface area contributed by atoms with Crippen LogP contribution in [0.4, 0.5) is 0 Å². The summed E-state index contributed by atoms with van der Waals surface area (Å²) >= 11 is 0. The Bertz CT molecular complexity index is 554.